The number of hydrogen-bond donors (Lipinski definition) is 1. The van der Waals surface area contributed by atoms with Crippen LogP contribution >= 0.6 is 12.4 Å². The van der Waals surface area contributed by atoms with Crippen LogP contribution in [0.3, 0.4) is 0 Å². The Balaban J connectivity index is 0.00000261. The van der Waals surface area contributed by atoms with Crippen LogP contribution in [-0.2, 0) is 4.79 Å². The van der Waals surface area contributed by atoms with E-state index >= 15 is 0 Å². The van der Waals surface area contributed by atoms with Crippen molar-refractivity contribution in [1.29, 1.82) is 0 Å². The molecule has 5 heteroatoms. The number of carbonyl (C=O) groups excluding carboxylic acids is 1. The molecule has 1 amide bonds. The van der Waals surface area contributed by atoms with E-state index in [1.165, 1.54) is 30.5 Å². The number of hydrogen-bond acceptors (Lipinski definition) is 3. The van der Waals surface area contributed by atoms with Gasteiger partial charge in [-0.25, -0.2) is 0 Å². The van der Waals surface area contributed by atoms with Gasteiger partial charge in [0.15, 0.2) is 0 Å². The van der Waals surface area contributed by atoms with Crippen LogP contribution < -0.4 is 10.1 Å². The monoisotopic (exact) mass is 394 g/mol. The molecule has 1 heterocycles. The van der Waals surface area contributed by atoms with Crippen molar-refractivity contribution in [3.8, 4) is 5.75 Å². The Hall–Kier alpha value is -1.26. The topological polar surface area (TPSA) is 41.6 Å². The molecule has 3 rings (SSSR count). The summed E-state index contributed by atoms with van der Waals surface area (Å²) < 4.78 is 5.88. The van der Waals surface area contributed by atoms with Crippen LogP contribution in [0.15, 0.2) is 18.2 Å². The van der Waals surface area contributed by atoms with E-state index < -0.39 is 0 Å². The van der Waals surface area contributed by atoms with E-state index in [4.69, 9.17) is 4.74 Å². The van der Waals surface area contributed by atoms with Crippen LogP contribution in [0.25, 0.3) is 0 Å². The molecule has 0 radical (unpaired) electrons. The molecule has 0 bridgehead atoms. The van der Waals surface area contributed by atoms with Gasteiger partial charge in [0.25, 0.3) is 0 Å². The molecule has 1 aliphatic carbocycles. The number of ether oxygens (including phenoxy) is 1. The molecule has 2 aliphatic rings. The summed E-state index contributed by atoms with van der Waals surface area (Å²) in [5.74, 6) is 2.22. The van der Waals surface area contributed by atoms with Gasteiger partial charge < -0.3 is 15.0 Å². The van der Waals surface area contributed by atoms with Gasteiger partial charge in [-0.05, 0) is 82.0 Å². The average Bonchev–Trinajstić information content (AvgIpc) is 3.47. The number of amides is 1. The molecule has 27 heavy (non-hydrogen) atoms. The lowest BCUT2D eigenvalue weighted by Crippen LogP contribution is -2.45. The van der Waals surface area contributed by atoms with E-state index in [0.717, 1.165) is 50.4 Å². The number of carbonyl (C=O) groups is 1. The number of nitrogens with one attached hydrogen (secondary N) is 1. The first-order chi connectivity index (χ1) is 12.6. The SMILES string of the molecule is Cc1ccc(C)c(OCCCCC(=O)N2CCC(NCC3CC3)CC2)c1.Cl. The van der Waals surface area contributed by atoms with Crippen molar-refractivity contribution < 1.29 is 9.53 Å². The number of nitrogens with zero attached hydrogens (tertiary/aromatic N) is 1. The summed E-state index contributed by atoms with van der Waals surface area (Å²) in [4.78, 5) is 14.4. The molecule has 1 saturated carbocycles. The van der Waals surface area contributed by atoms with E-state index in [9.17, 15) is 4.79 Å². The molecule has 4 nitrogen and oxygen atoms in total. The zero-order valence-electron chi connectivity index (χ0n) is 16.8. The molecule has 1 aromatic carbocycles. The largest absolute Gasteiger partial charge is 0.493 e. The van der Waals surface area contributed by atoms with Crippen molar-refractivity contribution >= 4 is 18.3 Å². The van der Waals surface area contributed by atoms with E-state index in [-0.39, 0.29) is 12.4 Å². The first-order valence-electron chi connectivity index (χ1n) is 10.3. The smallest absolute Gasteiger partial charge is 0.222 e. The summed E-state index contributed by atoms with van der Waals surface area (Å²) in [6, 6.07) is 6.90. The molecule has 1 aromatic rings. The number of benzene rings is 1. The third kappa shape index (κ3) is 7.34. The van der Waals surface area contributed by atoms with Gasteiger partial charge in [0.1, 0.15) is 5.75 Å². The fraction of sp³-hybridized carbons (Fsp3) is 0.682. The number of aryl methyl sites for hydroxylation is 2. The molecule has 0 spiro atoms. The summed E-state index contributed by atoms with van der Waals surface area (Å²) in [6.45, 7) is 7.85. The minimum Gasteiger partial charge on any atom is -0.493 e. The lowest BCUT2D eigenvalue weighted by atomic mass is 10.0. The van der Waals surface area contributed by atoms with Crippen molar-refractivity contribution in [1.82, 2.24) is 10.2 Å². The first kappa shape index (κ1) is 22.0. The van der Waals surface area contributed by atoms with E-state index in [2.05, 4.69) is 42.3 Å². The second-order valence-electron chi connectivity index (χ2n) is 8.08. The van der Waals surface area contributed by atoms with Crippen molar-refractivity contribution in [3.63, 3.8) is 0 Å². The number of halogens is 1. The molecule has 1 aliphatic heterocycles. The third-order valence-corrected chi connectivity index (χ3v) is 5.63. The van der Waals surface area contributed by atoms with Crippen LogP contribution in [0.1, 0.15) is 56.1 Å². The highest BCUT2D eigenvalue weighted by molar-refractivity contribution is 5.85. The number of rotatable bonds is 9. The van der Waals surface area contributed by atoms with E-state index in [1.54, 1.807) is 0 Å². The highest BCUT2D eigenvalue weighted by Gasteiger charge is 2.25. The Morgan fingerprint density at radius 2 is 1.89 bits per heavy atom. The summed E-state index contributed by atoms with van der Waals surface area (Å²) in [5, 5.41) is 3.67. The standard InChI is InChI=1S/C22H34N2O2.ClH/c1-17-6-7-18(2)21(15-17)26-14-4-3-5-22(25)24-12-10-20(11-13-24)23-16-19-8-9-19;/h6-7,15,19-20,23H,3-5,8-14,16H2,1-2H3;1H. The van der Waals surface area contributed by atoms with Crippen molar-refractivity contribution in [2.45, 2.75) is 64.8 Å². The summed E-state index contributed by atoms with van der Waals surface area (Å²) in [7, 11) is 0. The molecule has 0 atom stereocenters. The minimum absolute atomic E-state index is 0. The van der Waals surface area contributed by atoms with Crippen LogP contribution in [0.2, 0.25) is 0 Å². The van der Waals surface area contributed by atoms with Crippen molar-refractivity contribution in [2.75, 3.05) is 26.2 Å². The highest BCUT2D eigenvalue weighted by atomic mass is 35.5. The normalized spacial score (nSPS) is 17.5. The molecular weight excluding hydrogens is 360 g/mol. The molecule has 152 valence electrons. The predicted octanol–water partition coefficient (Wildman–Crippen LogP) is 4.26. The maximum absolute atomic E-state index is 12.4. The Morgan fingerprint density at radius 1 is 1.15 bits per heavy atom. The van der Waals surface area contributed by atoms with Crippen LogP contribution in [-0.4, -0.2) is 43.1 Å². The van der Waals surface area contributed by atoms with Crippen molar-refractivity contribution in [2.24, 2.45) is 5.92 Å². The number of likely N-dealkylation sites (tertiary alicyclic amines) is 1. The Kier molecular flexibility index (Phi) is 8.91. The molecular formula is C22H35ClN2O2. The second-order valence-corrected chi connectivity index (χ2v) is 8.08. The highest BCUT2D eigenvalue weighted by Crippen LogP contribution is 2.28. The van der Waals surface area contributed by atoms with Gasteiger partial charge in [-0.3, -0.25) is 4.79 Å². The molecule has 0 unspecified atom stereocenters. The Labute approximate surface area is 170 Å². The van der Waals surface area contributed by atoms with Gasteiger partial charge in [-0.2, -0.15) is 0 Å². The minimum atomic E-state index is 0. The number of unbranched alkanes of at least 4 members (excludes halogenated alkanes) is 1. The summed E-state index contributed by atoms with van der Waals surface area (Å²) >= 11 is 0. The zero-order chi connectivity index (χ0) is 18.4. The lowest BCUT2D eigenvalue weighted by molar-refractivity contribution is -0.132. The van der Waals surface area contributed by atoms with Crippen LogP contribution in [0, 0.1) is 19.8 Å². The second kappa shape index (κ2) is 10.9. The van der Waals surface area contributed by atoms with Gasteiger partial charge in [0.05, 0.1) is 6.61 Å². The molecule has 0 aromatic heterocycles. The first-order valence-corrected chi connectivity index (χ1v) is 10.3. The predicted molar refractivity (Wildman–Crippen MR) is 113 cm³/mol. The van der Waals surface area contributed by atoms with Crippen LogP contribution in [0.4, 0.5) is 0 Å². The molecule has 1 N–H and O–H groups in total. The Bertz CT molecular complexity index is 596. The molecule has 1 saturated heterocycles. The van der Waals surface area contributed by atoms with Crippen LogP contribution in [0.5, 0.6) is 5.75 Å². The average molecular weight is 395 g/mol. The van der Waals surface area contributed by atoms with Gasteiger partial charge in [-0.15, -0.1) is 12.4 Å². The van der Waals surface area contributed by atoms with Crippen molar-refractivity contribution in [3.05, 3.63) is 29.3 Å². The third-order valence-electron chi connectivity index (χ3n) is 5.63. The summed E-state index contributed by atoms with van der Waals surface area (Å²) in [6.07, 6.45) is 7.50. The van der Waals surface area contributed by atoms with Gasteiger partial charge >= 0.3 is 0 Å². The fourth-order valence-electron chi connectivity index (χ4n) is 3.57. The van der Waals surface area contributed by atoms with E-state index in [1.807, 2.05) is 0 Å². The fourth-order valence-corrected chi connectivity index (χ4v) is 3.57. The zero-order valence-corrected chi connectivity index (χ0v) is 17.7. The maximum atomic E-state index is 12.4. The van der Waals surface area contributed by atoms with Gasteiger partial charge in [0, 0.05) is 25.6 Å². The van der Waals surface area contributed by atoms with Gasteiger partial charge in [0.2, 0.25) is 5.91 Å². The lowest BCUT2D eigenvalue weighted by Gasteiger charge is -2.32. The number of piperidine rings is 1. The molecule has 2 fully saturated rings. The van der Waals surface area contributed by atoms with Gasteiger partial charge in [-0.1, -0.05) is 12.1 Å². The maximum Gasteiger partial charge on any atom is 0.222 e. The van der Waals surface area contributed by atoms with E-state index in [0.29, 0.717) is 25.0 Å². The summed E-state index contributed by atoms with van der Waals surface area (Å²) in [5.41, 5.74) is 2.39. The Morgan fingerprint density at radius 3 is 2.59 bits per heavy atom. The quantitative estimate of drug-likeness (QED) is 0.636.